The van der Waals surface area contributed by atoms with E-state index < -0.39 is 11.5 Å². The maximum absolute atomic E-state index is 11.5. The average Bonchev–Trinajstić information content (AvgIpc) is 3.03. The van der Waals surface area contributed by atoms with E-state index in [0.717, 1.165) is 18.7 Å². The van der Waals surface area contributed by atoms with Crippen molar-refractivity contribution in [3.63, 3.8) is 0 Å². The maximum Gasteiger partial charge on any atom is 0.326 e. The summed E-state index contributed by atoms with van der Waals surface area (Å²) < 4.78 is 1.68. The molecule has 1 atom stereocenters. The molecule has 1 aromatic rings. The van der Waals surface area contributed by atoms with E-state index in [2.05, 4.69) is 15.4 Å². The highest BCUT2D eigenvalue weighted by molar-refractivity contribution is 5.79. The Morgan fingerprint density at radius 1 is 1.59 bits per heavy atom. The van der Waals surface area contributed by atoms with Gasteiger partial charge in [0.1, 0.15) is 17.2 Å². The first-order valence-corrected chi connectivity index (χ1v) is 5.80. The van der Waals surface area contributed by atoms with Crippen LogP contribution in [-0.2, 0) is 11.3 Å². The van der Waals surface area contributed by atoms with Crippen molar-refractivity contribution in [2.45, 2.75) is 38.8 Å². The first-order valence-electron chi connectivity index (χ1n) is 5.80. The SMILES string of the molecule is CNC(Cn1nc(C)nc1C)(C(=O)O)C1CC1. The van der Waals surface area contributed by atoms with Crippen molar-refractivity contribution >= 4 is 5.97 Å². The molecule has 0 saturated heterocycles. The van der Waals surface area contributed by atoms with Crippen LogP contribution in [0, 0.1) is 19.8 Å². The Bertz CT molecular complexity index is 439. The lowest BCUT2D eigenvalue weighted by Gasteiger charge is -2.29. The van der Waals surface area contributed by atoms with Crippen molar-refractivity contribution in [1.82, 2.24) is 20.1 Å². The molecule has 0 aromatic carbocycles. The van der Waals surface area contributed by atoms with Crippen LogP contribution in [0.25, 0.3) is 0 Å². The second-order valence-corrected chi connectivity index (χ2v) is 4.66. The van der Waals surface area contributed by atoms with E-state index in [1.54, 1.807) is 11.7 Å². The molecule has 0 amide bonds. The van der Waals surface area contributed by atoms with Crippen molar-refractivity contribution < 1.29 is 9.90 Å². The molecule has 94 valence electrons. The number of aliphatic carboxylic acids is 1. The van der Waals surface area contributed by atoms with E-state index in [-0.39, 0.29) is 5.92 Å². The van der Waals surface area contributed by atoms with Crippen LogP contribution in [0.15, 0.2) is 0 Å². The van der Waals surface area contributed by atoms with Crippen LogP contribution in [-0.4, -0.2) is 38.4 Å². The second-order valence-electron chi connectivity index (χ2n) is 4.66. The fraction of sp³-hybridized carbons (Fsp3) is 0.727. The molecule has 0 spiro atoms. The lowest BCUT2D eigenvalue weighted by atomic mass is 9.93. The van der Waals surface area contributed by atoms with Crippen molar-refractivity contribution in [3.8, 4) is 0 Å². The summed E-state index contributed by atoms with van der Waals surface area (Å²) in [4.78, 5) is 15.7. The third-order valence-corrected chi connectivity index (χ3v) is 3.46. The molecule has 1 aliphatic rings. The molecule has 1 aliphatic carbocycles. The van der Waals surface area contributed by atoms with Gasteiger partial charge in [0.2, 0.25) is 0 Å². The molecule has 2 N–H and O–H groups in total. The molecule has 1 aromatic heterocycles. The van der Waals surface area contributed by atoms with Crippen LogP contribution in [0.1, 0.15) is 24.5 Å². The summed E-state index contributed by atoms with van der Waals surface area (Å²) in [5.74, 6) is 0.807. The summed E-state index contributed by atoms with van der Waals surface area (Å²) in [6.07, 6.45) is 1.92. The van der Waals surface area contributed by atoms with E-state index in [4.69, 9.17) is 0 Å². The molecule has 1 unspecified atom stereocenters. The van der Waals surface area contributed by atoms with Crippen LogP contribution in [0.3, 0.4) is 0 Å². The van der Waals surface area contributed by atoms with Gasteiger partial charge in [0.25, 0.3) is 0 Å². The Morgan fingerprint density at radius 2 is 2.24 bits per heavy atom. The van der Waals surface area contributed by atoms with Gasteiger partial charge in [-0.25, -0.2) is 9.67 Å². The standard InChI is InChI=1S/C11H18N4O2/c1-7-13-8(2)15(14-7)6-11(12-3,10(16)17)9-4-5-9/h9,12H,4-6H2,1-3H3,(H,16,17). The second kappa shape index (κ2) is 4.10. The molecule has 0 radical (unpaired) electrons. The topological polar surface area (TPSA) is 80.0 Å². The van der Waals surface area contributed by atoms with Gasteiger partial charge in [0.15, 0.2) is 0 Å². The van der Waals surface area contributed by atoms with Crippen molar-refractivity contribution in [3.05, 3.63) is 11.6 Å². The van der Waals surface area contributed by atoms with Crippen molar-refractivity contribution in [1.29, 1.82) is 0 Å². The summed E-state index contributed by atoms with van der Waals surface area (Å²) in [5, 5.41) is 16.7. The third kappa shape index (κ3) is 2.04. The number of carboxylic acid groups (broad SMARTS) is 1. The Balaban J connectivity index is 2.29. The zero-order valence-electron chi connectivity index (χ0n) is 10.4. The van der Waals surface area contributed by atoms with Crippen LogP contribution < -0.4 is 5.32 Å². The summed E-state index contributed by atoms with van der Waals surface area (Å²) in [6.45, 7) is 3.98. The first kappa shape index (κ1) is 12.0. The summed E-state index contributed by atoms with van der Waals surface area (Å²) in [5.41, 5.74) is -0.912. The number of carbonyl (C=O) groups is 1. The normalized spacial score (nSPS) is 19.0. The molecule has 6 heteroatoms. The largest absolute Gasteiger partial charge is 0.480 e. The molecule has 1 fully saturated rings. The number of nitrogens with zero attached hydrogens (tertiary/aromatic N) is 3. The highest BCUT2D eigenvalue weighted by Gasteiger charge is 2.51. The fourth-order valence-corrected chi connectivity index (χ4v) is 2.28. The molecular weight excluding hydrogens is 220 g/mol. The minimum Gasteiger partial charge on any atom is -0.480 e. The lowest BCUT2D eigenvalue weighted by Crippen LogP contribution is -2.55. The maximum atomic E-state index is 11.5. The van der Waals surface area contributed by atoms with Gasteiger partial charge in [-0.05, 0) is 39.7 Å². The van der Waals surface area contributed by atoms with Crippen molar-refractivity contribution in [2.75, 3.05) is 7.05 Å². The Kier molecular flexibility index (Phi) is 2.91. The molecule has 2 rings (SSSR count). The highest BCUT2D eigenvalue weighted by Crippen LogP contribution is 2.40. The predicted molar refractivity (Wildman–Crippen MR) is 61.6 cm³/mol. The third-order valence-electron chi connectivity index (χ3n) is 3.46. The molecule has 0 bridgehead atoms. The zero-order chi connectivity index (χ0) is 12.6. The molecule has 1 saturated carbocycles. The van der Waals surface area contributed by atoms with Crippen LogP contribution >= 0.6 is 0 Å². The number of hydrogen-bond donors (Lipinski definition) is 2. The lowest BCUT2D eigenvalue weighted by molar-refractivity contribution is -0.146. The van der Waals surface area contributed by atoms with E-state index in [1.165, 1.54) is 0 Å². The van der Waals surface area contributed by atoms with E-state index in [9.17, 15) is 9.90 Å². The van der Waals surface area contributed by atoms with E-state index in [0.29, 0.717) is 12.4 Å². The van der Waals surface area contributed by atoms with Crippen LogP contribution in [0.4, 0.5) is 0 Å². The monoisotopic (exact) mass is 238 g/mol. The minimum absolute atomic E-state index is 0.189. The van der Waals surface area contributed by atoms with Gasteiger partial charge >= 0.3 is 5.97 Å². The quantitative estimate of drug-likeness (QED) is 0.773. The number of aromatic nitrogens is 3. The van der Waals surface area contributed by atoms with E-state index >= 15 is 0 Å². The molecule has 17 heavy (non-hydrogen) atoms. The Morgan fingerprint density at radius 3 is 2.59 bits per heavy atom. The Hall–Kier alpha value is -1.43. The smallest absolute Gasteiger partial charge is 0.326 e. The molecule has 6 nitrogen and oxygen atoms in total. The van der Waals surface area contributed by atoms with Crippen molar-refractivity contribution in [2.24, 2.45) is 5.92 Å². The number of hydrogen-bond acceptors (Lipinski definition) is 4. The molecule has 1 heterocycles. The van der Waals surface area contributed by atoms with Crippen LogP contribution in [0.5, 0.6) is 0 Å². The number of aryl methyl sites for hydroxylation is 2. The first-order chi connectivity index (χ1) is 7.99. The van der Waals surface area contributed by atoms with E-state index in [1.807, 2.05) is 13.8 Å². The number of rotatable bonds is 5. The van der Waals surface area contributed by atoms with Gasteiger partial charge in [-0.15, -0.1) is 0 Å². The van der Waals surface area contributed by atoms with Gasteiger partial charge in [-0.2, -0.15) is 5.10 Å². The fourth-order valence-electron chi connectivity index (χ4n) is 2.28. The highest BCUT2D eigenvalue weighted by atomic mass is 16.4. The predicted octanol–water partition coefficient (Wildman–Crippen LogP) is 0.348. The summed E-state index contributed by atoms with van der Waals surface area (Å²) >= 11 is 0. The Labute approximate surface area is 100 Å². The van der Waals surface area contributed by atoms with Gasteiger partial charge in [-0.3, -0.25) is 4.79 Å². The molecular formula is C11H18N4O2. The summed E-state index contributed by atoms with van der Waals surface area (Å²) in [6, 6.07) is 0. The molecule has 0 aliphatic heterocycles. The minimum atomic E-state index is -0.912. The van der Waals surface area contributed by atoms with Gasteiger partial charge in [-0.1, -0.05) is 0 Å². The van der Waals surface area contributed by atoms with Gasteiger partial charge in [0, 0.05) is 0 Å². The number of nitrogens with one attached hydrogen (secondary N) is 1. The average molecular weight is 238 g/mol. The van der Waals surface area contributed by atoms with Gasteiger partial charge in [0.05, 0.1) is 6.54 Å². The number of likely N-dealkylation sites (N-methyl/N-ethyl adjacent to an activating group) is 1. The zero-order valence-corrected chi connectivity index (χ0v) is 10.4. The van der Waals surface area contributed by atoms with Crippen LogP contribution in [0.2, 0.25) is 0 Å². The summed E-state index contributed by atoms with van der Waals surface area (Å²) in [7, 11) is 1.70. The van der Waals surface area contributed by atoms with Gasteiger partial charge < -0.3 is 10.4 Å². The number of carboxylic acids is 1.